The molecule has 1 fully saturated rings. The summed E-state index contributed by atoms with van der Waals surface area (Å²) in [5.74, 6) is 0. The molecule has 0 radical (unpaired) electrons. The number of nitrogens with zero attached hydrogens (tertiary/aromatic N) is 4. The maximum atomic E-state index is 13.0. The fraction of sp³-hybridized carbons (Fsp3) is 0.696. The van der Waals surface area contributed by atoms with Crippen LogP contribution >= 0.6 is 0 Å². The molecule has 1 saturated heterocycles. The molecule has 0 spiro atoms. The Morgan fingerprint density at radius 2 is 1.97 bits per heavy atom. The SMILES string of the molecule is CC(C)(C)OC(=O)N1C[C@H](O[Si](C)(C)C(C)(C)C)C[C@H]1C(O)c1cccc(CN=[N+]=[N-])c1. The first-order valence-electron chi connectivity index (χ1n) is 11.1. The zero-order valence-electron chi connectivity index (χ0n) is 20.6. The van der Waals surface area contributed by atoms with Gasteiger partial charge in [-0.05, 0) is 62.0 Å². The molecule has 0 bridgehead atoms. The van der Waals surface area contributed by atoms with E-state index in [9.17, 15) is 9.90 Å². The Bertz CT molecular complexity index is 856. The topological polar surface area (TPSA) is 108 Å². The van der Waals surface area contributed by atoms with Crippen LogP contribution in [0.3, 0.4) is 0 Å². The summed E-state index contributed by atoms with van der Waals surface area (Å²) in [6.07, 6.45) is -1.02. The number of likely N-dealkylation sites (tertiary alicyclic amines) is 1. The molecule has 0 saturated carbocycles. The van der Waals surface area contributed by atoms with Gasteiger partial charge < -0.3 is 14.3 Å². The Balaban J connectivity index is 2.31. The molecule has 178 valence electrons. The van der Waals surface area contributed by atoms with Crippen LogP contribution in [0.4, 0.5) is 4.79 Å². The summed E-state index contributed by atoms with van der Waals surface area (Å²) >= 11 is 0. The highest BCUT2D eigenvalue weighted by Crippen LogP contribution is 2.40. The van der Waals surface area contributed by atoms with Crippen molar-refractivity contribution in [2.75, 3.05) is 6.54 Å². The summed E-state index contributed by atoms with van der Waals surface area (Å²) in [5.41, 5.74) is 9.42. The van der Waals surface area contributed by atoms with Crippen LogP contribution in [0.15, 0.2) is 29.4 Å². The summed E-state index contributed by atoms with van der Waals surface area (Å²) in [6, 6.07) is 6.81. The van der Waals surface area contributed by atoms with Gasteiger partial charge >= 0.3 is 6.09 Å². The molecule has 32 heavy (non-hydrogen) atoms. The van der Waals surface area contributed by atoms with Gasteiger partial charge in [0, 0.05) is 11.5 Å². The van der Waals surface area contributed by atoms with Crippen LogP contribution in [0.5, 0.6) is 0 Å². The predicted octanol–water partition coefficient (Wildman–Crippen LogP) is 5.93. The zero-order valence-corrected chi connectivity index (χ0v) is 21.6. The molecule has 0 aromatic heterocycles. The van der Waals surface area contributed by atoms with Crippen molar-refractivity contribution >= 4 is 14.4 Å². The molecule has 1 amide bonds. The monoisotopic (exact) mass is 462 g/mol. The molecular weight excluding hydrogens is 424 g/mol. The van der Waals surface area contributed by atoms with Gasteiger partial charge in [0.25, 0.3) is 0 Å². The molecule has 2 rings (SSSR count). The van der Waals surface area contributed by atoms with Crippen LogP contribution in [-0.4, -0.2) is 48.7 Å². The number of carbonyl (C=O) groups excluding carboxylic acids is 1. The third kappa shape index (κ3) is 6.72. The van der Waals surface area contributed by atoms with Crippen molar-refractivity contribution in [2.24, 2.45) is 5.11 Å². The average Bonchev–Trinajstić information content (AvgIpc) is 3.07. The fourth-order valence-corrected chi connectivity index (χ4v) is 4.90. The van der Waals surface area contributed by atoms with E-state index >= 15 is 0 Å². The second-order valence-corrected chi connectivity index (χ2v) is 15.8. The van der Waals surface area contributed by atoms with Crippen LogP contribution in [-0.2, 0) is 15.7 Å². The van der Waals surface area contributed by atoms with E-state index in [1.165, 1.54) is 0 Å². The quantitative estimate of drug-likeness (QED) is 0.244. The fourth-order valence-electron chi connectivity index (χ4n) is 3.55. The molecule has 1 aliphatic heterocycles. The van der Waals surface area contributed by atoms with Gasteiger partial charge in [-0.1, -0.05) is 50.2 Å². The Labute approximate surface area is 192 Å². The molecule has 8 nitrogen and oxygen atoms in total. The van der Waals surface area contributed by atoms with Crippen LogP contribution in [0, 0.1) is 0 Å². The predicted molar refractivity (Wildman–Crippen MR) is 128 cm³/mol. The first-order chi connectivity index (χ1) is 14.6. The van der Waals surface area contributed by atoms with Gasteiger partial charge in [0.1, 0.15) is 5.60 Å². The maximum absolute atomic E-state index is 13.0. The minimum atomic E-state index is -2.06. The number of aliphatic hydroxyl groups excluding tert-OH is 1. The van der Waals surface area contributed by atoms with E-state index in [-0.39, 0.29) is 17.7 Å². The molecule has 3 atom stereocenters. The lowest BCUT2D eigenvalue weighted by Crippen LogP contribution is -2.45. The first-order valence-corrected chi connectivity index (χ1v) is 14.0. The van der Waals surface area contributed by atoms with Crippen LogP contribution < -0.4 is 0 Å². The van der Waals surface area contributed by atoms with Crippen molar-refractivity contribution in [3.8, 4) is 0 Å². The highest BCUT2D eigenvalue weighted by Gasteiger charge is 2.46. The number of benzene rings is 1. The van der Waals surface area contributed by atoms with Gasteiger partial charge in [0.05, 0.1) is 24.8 Å². The minimum absolute atomic E-state index is 0.0377. The second kappa shape index (κ2) is 9.83. The lowest BCUT2D eigenvalue weighted by Gasteiger charge is -2.38. The van der Waals surface area contributed by atoms with E-state index in [0.717, 1.165) is 5.56 Å². The summed E-state index contributed by atoms with van der Waals surface area (Å²) < 4.78 is 12.2. The maximum Gasteiger partial charge on any atom is 0.410 e. The number of hydrogen-bond acceptors (Lipinski definition) is 5. The molecule has 1 aromatic carbocycles. The number of amides is 1. The van der Waals surface area contributed by atoms with E-state index in [0.29, 0.717) is 18.5 Å². The van der Waals surface area contributed by atoms with E-state index in [1.807, 2.05) is 45.0 Å². The molecule has 0 aliphatic carbocycles. The van der Waals surface area contributed by atoms with E-state index in [1.54, 1.807) is 4.90 Å². The van der Waals surface area contributed by atoms with Crippen molar-refractivity contribution in [1.29, 1.82) is 0 Å². The number of hydrogen-bond donors (Lipinski definition) is 1. The van der Waals surface area contributed by atoms with Gasteiger partial charge in [0.2, 0.25) is 0 Å². The van der Waals surface area contributed by atoms with Gasteiger partial charge in [0.15, 0.2) is 8.32 Å². The highest BCUT2D eigenvalue weighted by atomic mass is 28.4. The van der Waals surface area contributed by atoms with Crippen molar-refractivity contribution in [1.82, 2.24) is 4.90 Å². The summed E-state index contributed by atoms with van der Waals surface area (Å²) in [5, 5.41) is 14.9. The van der Waals surface area contributed by atoms with E-state index in [2.05, 4.69) is 43.9 Å². The molecule has 1 unspecified atom stereocenters. The van der Waals surface area contributed by atoms with Gasteiger partial charge in [-0.25, -0.2) is 4.79 Å². The number of aliphatic hydroxyl groups is 1. The number of azide groups is 1. The second-order valence-electron chi connectivity index (χ2n) is 11.0. The average molecular weight is 463 g/mol. The lowest BCUT2D eigenvalue weighted by molar-refractivity contribution is 0.00444. The Morgan fingerprint density at radius 1 is 1.31 bits per heavy atom. The van der Waals surface area contributed by atoms with Crippen LogP contribution in [0.25, 0.3) is 10.4 Å². The standard InChI is InChI=1S/C23H38N4O4Si/c1-22(2,3)30-21(29)27-15-18(31-32(7,8)23(4,5)6)13-19(27)20(28)17-11-9-10-16(12-17)14-25-26-24/h9-12,18-20,28H,13-15H2,1-8H3/t18-,19+,20?/m1/s1. The van der Waals surface area contributed by atoms with Gasteiger partial charge in [-0.3, -0.25) is 4.90 Å². The number of ether oxygens (including phenoxy) is 1. The van der Waals surface area contributed by atoms with Crippen molar-refractivity contribution in [3.05, 3.63) is 45.8 Å². The largest absolute Gasteiger partial charge is 0.444 e. The van der Waals surface area contributed by atoms with Gasteiger partial charge in [-0.2, -0.15) is 0 Å². The van der Waals surface area contributed by atoms with E-state index < -0.39 is 32.2 Å². The molecule has 1 aliphatic rings. The summed E-state index contributed by atoms with van der Waals surface area (Å²) in [6.45, 7) is 17.0. The number of carbonyl (C=O) groups is 1. The zero-order chi connectivity index (χ0) is 24.3. The first kappa shape index (κ1) is 26.2. The Morgan fingerprint density at radius 3 is 2.53 bits per heavy atom. The van der Waals surface area contributed by atoms with E-state index in [4.69, 9.17) is 14.7 Å². The Hall–Kier alpha value is -2.06. The molecule has 1 aromatic rings. The lowest BCUT2D eigenvalue weighted by atomic mass is 9.98. The third-order valence-electron chi connectivity index (χ3n) is 6.17. The van der Waals surface area contributed by atoms with Crippen molar-refractivity contribution in [3.63, 3.8) is 0 Å². The minimum Gasteiger partial charge on any atom is -0.444 e. The smallest absolute Gasteiger partial charge is 0.410 e. The summed E-state index contributed by atoms with van der Waals surface area (Å²) in [4.78, 5) is 17.4. The van der Waals surface area contributed by atoms with Crippen molar-refractivity contribution < 1.29 is 19.1 Å². The van der Waals surface area contributed by atoms with Crippen LogP contribution in [0.1, 0.15) is 65.2 Å². The molecule has 1 heterocycles. The molecular formula is C23H38N4O4Si. The highest BCUT2D eigenvalue weighted by molar-refractivity contribution is 6.74. The van der Waals surface area contributed by atoms with Gasteiger partial charge in [-0.15, -0.1) is 0 Å². The normalized spacial score (nSPS) is 20.6. The number of rotatable bonds is 6. The summed E-state index contributed by atoms with van der Waals surface area (Å²) in [7, 11) is -2.06. The third-order valence-corrected chi connectivity index (χ3v) is 10.7. The molecule has 9 heteroatoms. The van der Waals surface area contributed by atoms with Crippen LogP contribution in [0.2, 0.25) is 18.1 Å². The Kier molecular flexibility index (Phi) is 8.04. The molecule has 1 N–H and O–H groups in total. The van der Waals surface area contributed by atoms with Crippen molar-refractivity contribution in [2.45, 2.75) is 96.5 Å².